The lowest BCUT2D eigenvalue weighted by molar-refractivity contribution is -0.117. The maximum Gasteiger partial charge on any atom is 0.251 e. The Labute approximate surface area is 160 Å². The van der Waals surface area contributed by atoms with E-state index in [4.69, 9.17) is 4.74 Å². The summed E-state index contributed by atoms with van der Waals surface area (Å²) in [4.78, 5) is 13.1. The normalized spacial score (nSPS) is 11.5. The van der Waals surface area contributed by atoms with Gasteiger partial charge in [-0.1, -0.05) is 55.5 Å². The number of methoxy groups -OCH3 is 1. The third-order valence-corrected chi connectivity index (χ3v) is 4.38. The van der Waals surface area contributed by atoms with E-state index in [2.05, 4.69) is 29.7 Å². The Morgan fingerprint density at radius 1 is 0.926 bits per heavy atom. The van der Waals surface area contributed by atoms with Crippen molar-refractivity contribution in [1.29, 1.82) is 0 Å². The third-order valence-electron chi connectivity index (χ3n) is 4.38. The van der Waals surface area contributed by atoms with Gasteiger partial charge < -0.3 is 15.4 Å². The van der Waals surface area contributed by atoms with Gasteiger partial charge in [0.1, 0.15) is 11.8 Å². The highest BCUT2D eigenvalue weighted by molar-refractivity contribution is 5.97. The molecule has 0 aliphatic rings. The minimum absolute atomic E-state index is 0.128. The van der Waals surface area contributed by atoms with E-state index in [-0.39, 0.29) is 5.91 Å². The monoisotopic (exact) mass is 360 g/mol. The van der Waals surface area contributed by atoms with Crippen molar-refractivity contribution >= 4 is 17.3 Å². The molecular weight excluding hydrogens is 336 g/mol. The summed E-state index contributed by atoms with van der Waals surface area (Å²) in [5, 5.41) is 6.36. The quantitative estimate of drug-likeness (QED) is 0.620. The molecule has 3 aromatic carbocycles. The molecule has 3 aromatic rings. The van der Waals surface area contributed by atoms with E-state index >= 15 is 0 Å². The van der Waals surface area contributed by atoms with Crippen molar-refractivity contribution in [2.45, 2.75) is 19.4 Å². The standard InChI is InChI=1S/C23H24N2O2/c1-3-17-9-7-12-19(15-17)24-22(18-10-5-4-6-11-18)23(26)25-20-13-8-14-21(16-20)27-2/h4-16,22,24H,3H2,1-2H3,(H,25,26)/t22-/m1/s1. The molecule has 0 aliphatic heterocycles. The van der Waals surface area contributed by atoms with Crippen LogP contribution < -0.4 is 15.4 Å². The summed E-state index contributed by atoms with van der Waals surface area (Å²) in [6.07, 6.45) is 0.946. The molecule has 0 spiro atoms. The summed E-state index contributed by atoms with van der Waals surface area (Å²) >= 11 is 0. The molecule has 0 radical (unpaired) electrons. The maximum atomic E-state index is 13.1. The van der Waals surface area contributed by atoms with Gasteiger partial charge in [-0.3, -0.25) is 4.79 Å². The average Bonchev–Trinajstić information content (AvgIpc) is 2.73. The van der Waals surface area contributed by atoms with E-state index in [1.807, 2.05) is 60.7 Å². The van der Waals surface area contributed by atoms with Gasteiger partial charge in [-0.2, -0.15) is 0 Å². The number of amides is 1. The smallest absolute Gasteiger partial charge is 0.251 e. The SMILES string of the molecule is CCc1cccc(N[C@@H](C(=O)Nc2cccc(OC)c2)c2ccccc2)c1. The van der Waals surface area contributed by atoms with Gasteiger partial charge in [0.2, 0.25) is 0 Å². The number of ether oxygens (including phenoxy) is 1. The van der Waals surface area contributed by atoms with Crippen LogP contribution in [-0.4, -0.2) is 13.0 Å². The fraction of sp³-hybridized carbons (Fsp3) is 0.174. The molecule has 0 heterocycles. The first-order valence-corrected chi connectivity index (χ1v) is 9.05. The van der Waals surface area contributed by atoms with Gasteiger partial charge in [-0.05, 0) is 41.8 Å². The predicted octanol–water partition coefficient (Wildman–Crippen LogP) is 5.05. The molecular formula is C23H24N2O2. The van der Waals surface area contributed by atoms with Crippen LogP contribution in [0.4, 0.5) is 11.4 Å². The van der Waals surface area contributed by atoms with Crippen LogP contribution in [0.25, 0.3) is 0 Å². The number of benzene rings is 3. The highest BCUT2D eigenvalue weighted by Crippen LogP contribution is 2.24. The van der Waals surface area contributed by atoms with Gasteiger partial charge in [0.05, 0.1) is 7.11 Å². The van der Waals surface area contributed by atoms with Gasteiger partial charge in [0.15, 0.2) is 0 Å². The van der Waals surface area contributed by atoms with Gasteiger partial charge in [0, 0.05) is 17.4 Å². The van der Waals surface area contributed by atoms with Crippen molar-refractivity contribution in [1.82, 2.24) is 0 Å². The Morgan fingerprint density at radius 3 is 2.41 bits per heavy atom. The Morgan fingerprint density at radius 2 is 1.67 bits per heavy atom. The molecule has 27 heavy (non-hydrogen) atoms. The molecule has 2 N–H and O–H groups in total. The lowest BCUT2D eigenvalue weighted by Crippen LogP contribution is -2.27. The van der Waals surface area contributed by atoms with Crippen LogP contribution in [0.5, 0.6) is 5.75 Å². The zero-order valence-electron chi connectivity index (χ0n) is 15.6. The first-order chi connectivity index (χ1) is 13.2. The van der Waals surface area contributed by atoms with Gasteiger partial charge in [-0.25, -0.2) is 0 Å². The van der Waals surface area contributed by atoms with Gasteiger partial charge in [-0.15, -0.1) is 0 Å². The van der Waals surface area contributed by atoms with E-state index in [9.17, 15) is 4.79 Å². The summed E-state index contributed by atoms with van der Waals surface area (Å²) in [5.74, 6) is 0.573. The molecule has 0 bridgehead atoms. The second kappa shape index (κ2) is 8.90. The Hall–Kier alpha value is -3.27. The van der Waals surface area contributed by atoms with Crippen LogP contribution >= 0.6 is 0 Å². The van der Waals surface area contributed by atoms with Crippen LogP contribution in [-0.2, 0) is 11.2 Å². The average molecular weight is 360 g/mol. The zero-order chi connectivity index (χ0) is 19.1. The molecule has 1 amide bonds. The molecule has 3 rings (SSSR count). The molecule has 138 valence electrons. The fourth-order valence-electron chi connectivity index (χ4n) is 2.91. The van der Waals surface area contributed by atoms with Crippen molar-refractivity contribution in [3.05, 3.63) is 90.0 Å². The third kappa shape index (κ3) is 4.88. The molecule has 4 heteroatoms. The van der Waals surface area contributed by atoms with E-state index in [1.165, 1.54) is 5.56 Å². The van der Waals surface area contributed by atoms with E-state index < -0.39 is 6.04 Å². The van der Waals surface area contributed by atoms with Crippen LogP contribution in [0, 0.1) is 0 Å². The second-order valence-electron chi connectivity index (χ2n) is 6.26. The number of rotatable bonds is 7. The van der Waals surface area contributed by atoms with Crippen molar-refractivity contribution in [3.63, 3.8) is 0 Å². The van der Waals surface area contributed by atoms with E-state index in [0.29, 0.717) is 11.4 Å². The number of hydrogen-bond donors (Lipinski definition) is 2. The minimum Gasteiger partial charge on any atom is -0.497 e. The molecule has 0 aliphatic carbocycles. The largest absolute Gasteiger partial charge is 0.497 e. The molecule has 0 unspecified atom stereocenters. The Balaban J connectivity index is 1.86. The molecule has 4 nitrogen and oxygen atoms in total. The van der Waals surface area contributed by atoms with E-state index in [0.717, 1.165) is 17.7 Å². The number of nitrogens with one attached hydrogen (secondary N) is 2. The van der Waals surface area contributed by atoms with Crippen molar-refractivity contribution < 1.29 is 9.53 Å². The maximum absolute atomic E-state index is 13.1. The first-order valence-electron chi connectivity index (χ1n) is 9.05. The first kappa shape index (κ1) is 18.5. The molecule has 0 fully saturated rings. The minimum atomic E-state index is -0.510. The van der Waals surface area contributed by atoms with Crippen LogP contribution in [0.2, 0.25) is 0 Å². The van der Waals surface area contributed by atoms with E-state index in [1.54, 1.807) is 13.2 Å². The highest BCUT2D eigenvalue weighted by atomic mass is 16.5. The summed E-state index contributed by atoms with van der Waals surface area (Å²) in [5.41, 5.74) is 3.74. The highest BCUT2D eigenvalue weighted by Gasteiger charge is 2.21. The lowest BCUT2D eigenvalue weighted by Gasteiger charge is -2.20. The van der Waals surface area contributed by atoms with Crippen LogP contribution in [0.3, 0.4) is 0 Å². The van der Waals surface area contributed by atoms with Gasteiger partial charge >= 0.3 is 0 Å². The van der Waals surface area contributed by atoms with Crippen molar-refractivity contribution in [2.24, 2.45) is 0 Å². The number of anilines is 2. The van der Waals surface area contributed by atoms with Crippen LogP contribution in [0.1, 0.15) is 24.1 Å². The zero-order valence-corrected chi connectivity index (χ0v) is 15.6. The van der Waals surface area contributed by atoms with Crippen molar-refractivity contribution in [3.8, 4) is 5.75 Å². The Kier molecular flexibility index (Phi) is 6.10. The molecule has 0 aromatic heterocycles. The number of aryl methyl sites for hydroxylation is 1. The van der Waals surface area contributed by atoms with Gasteiger partial charge in [0.25, 0.3) is 5.91 Å². The number of carbonyl (C=O) groups is 1. The summed E-state index contributed by atoms with van der Waals surface area (Å²) < 4.78 is 5.24. The Bertz CT molecular complexity index is 894. The van der Waals surface area contributed by atoms with Crippen LogP contribution in [0.15, 0.2) is 78.9 Å². The molecule has 0 saturated heterocycles. The second-order valence-corrected chi connectivity index (χ2v) is 6.26. The topological polar surface area (TPSA) is 50.4 Å². The summed E-state index contributed by atoms with van der Waals surface area (Å²) in [6, 6.07) is 24.7. The molecule has 1 atom stereocenters. The number of hydrogen-bond acceptors (Lipinski definition) is 3. The summed E-state index contributed by atoms with van der Waals surface area (Å²) in [6.45, 7) is 2.11. The summed E-state index contributed by atoms with van der Waals surface area (Å²) in [7, 11) is 1.61. The predicted molar refractivity (Wildman–Crippen MR) is 110 cm³/mol. The fourth-order valence-corrected chi connectivity index (χ4v) is 2.91. The van der Waals surface area contributed by atoms with Crippen molar-refractivity contribution in [2.75, 3.05) is 17.7 Å². The number of carbonyl (C=O) groups excluding carboxylic acids is 1. The lowest BCUT2D eigenvalue weighted by atomic mass is 10.0. The molecule has 0 saturated carbocycles.